The van der Waals surface area contributed by atoms with Crippen molar-refractivity contribution in [2.75, 3.05) is 0 Å². The van der Waals surface area contributed by atoms with Crippen LogP contribution in [-0.4, -0.2) is 25.4 Å². The summed E-state index contributed by atoms with van der Waals surface area (Å²) < 4.78 is 7.20. The van der Waals surface area contributed by atoms with Gasteiger partial charge in [0, 0.05) is 21.5 Å². The first-order chi connectivity index (χ1) is 12.3. The van der Waals surface area contributed by atoms with E-state index in [1.807, 2.05) is 41.8 Å². The van der Waals surface area contributed by atoms with Crippen LogP contribution in [0.1, 0.15) is 10.6 Å². The molecule has 0 radical (unpaired) electrons. The molecule has 0 fully saturated rings. The van der Waals surface area contributed by atoms with Crippen molar-refractivity contribution in [1.82, 2.24) is 25.4 Å². The number of aromatic nitrogens is 5. The topological polar surface area (TPSA) is 69.6 Å². The second kappa shape index (κ2) is 7.38. The van der Waals surface area contributed by atoms with Crippen molar-refractivity contribution in [2.45, 2.75) is 17.5 Å². The summed E-state index contributed by atoms with van der Waals surface area (Å²) in [4.78, 5) is 1.21. The predicted octanol–water partition coefficient (Wildman–Crippen LogP) is 4.38. The van der Waals surface area contributed by atoms with E-state index in [-0.39, 0.29) is 0 Å². The number of thiophene rings is 1. The largest absolute Gasteiger partial charge is 0.360 e. The van der Waals surface area contributed by atoms with Gasteiger partial charge < -0.3 is 4.52 Å². The molecule has 0 spiro atoms. The smallest absolute Gasteiger partial charge is 0.210 e. The standard InChI is InChI=1S/C16H12ClN5OS2/c17-12-5-3-11(4-6-12)15-8-13(23-19-15)10-25-16-18-20-21-22(16)9-14-2-1-7-24-14/h1-8H,9-10H2. The lowest BCUT2D eigenvalue weighted by Crippen LogP contribution is -2.02. The molecule has 0 saturated heterocycles. The summed E-state index contributed by atoms with van der Waals surface area (Å²) in [6.45, 7) is 0.666. The minimum Gasteiger partial charge on any atom is -0.360 e. The third kappa shape index (κ3) is 3.92. The summed E-state index contributed by atoms with van der Waals surface area (Å²) in [5.41, 5.74) is 1.75. The minimum absolute atomic E-state index is 0.603. The maximum atomic E-state index is 5.91. The SMILES string of the molecule is Clc1ccc(-c2cc(CSc3nnnn3Cc3cccs3)on2)cc1. The third-order valence-corrected chi connectivity index (χ3v) is 5.52. The Labute approximate surface area is 156 Å². The molecule has 0 unspecified atom stereocenters. The monoisotopic (exact) mass is 389 g/mol. The van der Waals surface area contributed by atoms with Gasteiger partial charge >= 0.3 is 0 Å². The Kier molecular flexibility index (Phi) is 4.82. The first-order valence-electron chi connectivity index (χ1n) is 7.41. The lowest BCUT2D eigenvalue weighted by molar-refractivity contribution is 0.397. The van der Waals surface area contributed by atoms with Crippen molar-refractivity contribution >= 4 is 34.7 Å². The number of hydrogen-bond donors (Lipinski definition) is 0. The first kappa shape index (κ1) is 16.3. The second-order valence-corrected chi connectivity index (χ2v) is 7.58. The molecule has 1 aromatic carbocycles. The zero-order valence-corrected chi connectivity index (χ0v) is 15.3. The lowest BCUT2D eigenvalue weighted by Gasteiger charge is -2.01. The van der Waals surface area contributed by atoms with Crippen LogP contribution in [0.4, 0.5) is 0 Å². The summed E-state index contributed by atoms with van der Waals surface area (Å²) in [5.74, 6) is 1.37. The zero-order chi connectivity index (χ0) is 17.1. The number of thioether (sulfide) groups is 1. The summed E-state index contributed by atoms with van der Waals surface area (Å²) in [7, 11) is 0. The fraction of sp³-hybridized carbons (Fsp3) is 0.125. The van der Waals surface area contributed by atoms with E-state index >= 15 is 0 Å². The van der Waals surface area contributed by atoms with Crippen molar-refractivity contribution in [1.29, 1.82) is 0 Å². The fourth-order valence-corrected chi connectivity index (χ4v) is 3.79. The number of rotatable bonds is 6. The van der Waals surface area contributed by atoms with Gasteiger partial charge in [-0.3, -0.25) is 0 Å². The molecule has 4 rings (SSSR count). The zero-order valence-electron chi connectivity index (χ0n) is 12.9. The van der Waals surface area contributed by atoms with Crippen LogP contribution in [0.15, 0.2) is 57.5 Å². The molecule has 0 aliphatic rings. The summed E-state index contributed by atoms with van der Waals surface area (Å²) >= 11 is 9.11. The van der Waals surface area contributed by atoms with Crippen LogP contribution in [0.5, 0.6) is 0 Å². The van der Waals surface area contributed by atoms with Crippen LogP contribution >= 0.6 is 34.7 Å². The molecule has 6 nitrogen and oxygen atoms in total. The molecule has 126 valence electrons. The Morgan fingerprint density at radius 2 is 2.08 bits per heavy atom. The summed E-state index contributed by atoms with van der Waals surface area (Å²) in [6.07, 6.45) is 0. The molecular formula is C16H12ClN5OS2. The highest BCUT2D eigenvalue weighted by Crippen LogP contribution is 2.25. The van der Waals surface area contributed by atoms with Gasteiger partial charge in [0.25, 0.3) is 0 Å². The Morgan fingerprint density at radius 1 is 1.20 bits per heavy atom. The number of tetrazole rings is 1. The van der Waals surface area contributed by atoms with Gasteiger partial charge in [0.15, 0.2) is 0 Å². The van der Waals surface area contributed by atoms with E-state index in [9.17, 15) is 0 Å². The second-order valence-electron chi connectivity index (χ2n) is 5.17. The lowest BCUT2D eigenvalue weighted by atomic mass is 10.1. The van der Waals surface area contributed by atoms with Crippen LogP contribution in [0.25, 0.3) is 11.3 Å². The molecule has 0 aliphatic carbocycles. The Morgan fingerprint density at radius 3 is 2.88 bits per heavy atom. The van der Waals surface area contributed by atoms with E-state index in [1.54, 1.807) is 16.0 Å². The Bertz CT molecular complexity index is 949. The average Bonchev–Trinajstić information content (AvgIpc) is 3.36. The fourth-order valence-electron chi connectivity index (χ4n) is 2.22. The Balaban J connectivity index is 1.42. The van der Waals surface area contributed by atoms with Crippen LogP contribution in [0.2, 0.25) is 5.02 Å². The van der Waals surface area contributed by atoms with Crippen molar-refractivity contribution < 1.29 is 4.52 Å². The highest BCUT2D eigenvalue weighted by molar-refractivity contribution is 7.98. The van der Waals surface area contributed by atoms with Crippen molar-refractivity contribution in [3.8, 4) is 11.3 Å². The molecule has 9 heteroatoms. The minimum atomic E-state index is 0.603. The van der Waals surface area contributed by atoms with Gasteiger partial charge in [0.1, 0.15) is 11.5 Å². The van der Waals surface area contributed by atoms with E-state index in [2.05, 4.69) is 26.7 Å². The number of hydrogen-bond acceptors (Lipinski definition) is 7. The van der Waals surface area contributed by atoms with Gasteiger partial charge in [-0.1, -0.05) is 46.7 Å². The normalized spacial score (nSPS) is 11.1. The molecule has 25 heavy (non-hydrogen) atoms. The van der Waals surface area contributed by atoms with Gasteiger partial charge in [0.05, 0.1) is 12.3 Å². The Hall–Kier alpha value is -2.16. The number of nitrogens with zero attached hydrogens (tertiary/aromatic N) is 5. The van der Waals surface area contributed by atoms with Crippen LogP contribution in [-0.2, 0) is 12.3 Å². The van der Waals surface area contributed by atoms with Crippen LogP contribution in [0, 0.1) is 0 Å². The van der Waals surface area contributed by atoms with Crippen LogP contribution in [0.3, 0.4) is 0 Å². The molecule has 0 aliphatic heterocycles. The highest BCUT2D eigenvalue weighted by atomic mass is 35.5. The summed E-state index contributed by atoms with van der Waals surface area (Å²) in [5, 5.41) is 19.5. The van der Waals surface area contributed by atoms with Gasteiger partial charge in [-0.25, -0.2) is 4.68 Å². The van der Waals surface area contributed by atoms with Crippen LogP contribution < -0.4 is 0 Å². The van der Waals surface area contributed by atoms with E-state index in [0.717, 1.165) is 22.2 Å². The predicted molar refractivity (Wildman–Crippen MR) is 97.7 cm³/mol. The molecule has 3 aromatic heterocycles. The van der Waals surface area contributed by atoms with Gasteiger partial charge in [-0.2, -0.15) is 0 Å². The highest BCUT2D eigenvalue weighted by Gasteiger charge is 2.12. The maximum Gasteiger partial charge on any atom is 0.210 e. The van der Waals surface area contributed by atoms with E-state index < -0.39 is 0 Å². The first-order valence-corrected chi connectivity index (χ1v) is 9.65. The third-order valence-electron chi connectivity index (χ3n) is 3.43. The number of benzene rings is 1. The molecule has 0 saturated carbocycles. The quantitative estimate of drug-likeness (QED) is 0.456. The molecule has 0 atom stereocenters. The molecule has 0 amide bonds. The van der Waals surface area contributed by atoms with E-state index in [4.69, 9.17) is 16.1 Å². The van der Waals surface area contributed by atoms with Gasteiger partial charge in [-0.15, -0.1) is 16.4 Å². The van der Waals surface area contributed by atoms with Crippen molar-refractivity contribution in [2.24, 2.45) is 0 Å². The average molecular weight is 390 g/mol. The van der Waals surface area contributed by atoms with Crippen molar-refractivity contribution in [3.05, 3.63) is 63.5 Å². The number of halogens is 1. The molecule has 3 heterocycles. The summed E-state index contributed by atoms with van der Waals surface area (Å²) in [6, 6.07) is 13.5. The van der Waals surface area contributed by atoms with E-state index in [1.165, 1.54) is 16.6 Å². The van der Waals surface area contributed by atoms with Gasteiger partial charge in [-0.05, 0) is 34.0 Å². The molecule has 0 N–H and O–H groups in total. The maximum absolute atomic E-state index is 5.91. The molecule has 0 bridgehead atoms. The van der Waals surface area contributed by atoms with Crippen molar-refractivity contribution in [3.63, 3.8) is 0 Å². The van der Waals surface area contributed by atoms with Gasteiger partial charge in [0.2, 0.25) is 5.16 Å². The molecular weight excluding hydrogens is 378 g/mol. The molecule has 4 aromatic rings. The van der Waals surface area contributed by atoms with E-state index in [0.29, 0.717) is 17.3 Å².